The molecule has 3 rings (SSSR count). The molecule has 1 aromatic carbocycles. The molecule has 1 amide bonds. The summed E-state index contributed by atoms with van der Waals surface area (Å²) in [7, 11) is 1.90. The molecule has 1 aliphatic rings. The number of rotatable bonds is 5. The maximum atomic E-state index is 12.3. The van der Waals surface area contributed by atoms with E-state index in [2.05, 4.69) is 4.98 Å². The zero-order valence-corrected chi connectivity index (χ0v) is 14.1. The van der Waals surface area contributed by atoms with Gasteiger partial charge in [0, 0.05) is 31.5 Å². The van der Waals surface area contributed by atoms with Gasteiger partial charge in [-0.25, -0.2) is 4.98 Å². The molecule has 0 aliphatic carbocycles. The number of benzene rings is 1. The summed E-state index contributed by atoms with van der Waals surface area (Å²) >= 11 is 1.62. The van der Waals surface area contributed by atoms with E-state index in [0.717, 1.165) is 53.7 Å². The van der Waals surface area contributed by atoms with Crippen molar-refractivity contribution in [3.8, 4) is 0 Å². The predicted octanol–water partition coefficient (Wildman–Crippen LogP) is 2.44. The number of nitrogens with zero attached hydrogens (tertiary/aromatic N) is 3. The fourth-order valence-electron chi connectivity index (χ4n) is 2.70. The monoisotopic (exact) mass is 331 g/mol. The Morgan fingerprint density at radius 1 is 1.26 bits per heavy atom. The Balaban J connectivity index is 1.61. The highest BCUT2D eigenvalue weighted by atomic mass is 32.2. The van der Waals surface area contributed by atoms with E-state index in [4.69, 9.17) is 0 Å². The molecule has 6 heteroatoms. The summed E-state index contributed by atoms with van der Waals surface area (Å²) in [6.07, 6.45) is 3.92. The minimum atomic E-state index is -0.00261. The molecule has 122 valence electrons. The first-order valence-electron chi connectivity index (χ1n) is 7.81. The van der Waals surface area contributed by atoms with Gasteiger partial charge in [-0.15, -0.1) is 0 Å². The number of imidazole rings is 1. The van der Waals surface area contributed by atoms with Crippen molar-refractivity contribution in [1.82, 2.24) is 14.5 Å². The summed E-state index contributed by atoms with van der Waals surface area (Å²) in [6, 6.07) is 7.83. The molecule has 0 atom stereocenters. The molecule has 1 aliphatic heterocycles. The van der Waals surface area contributed by atoms with Crippen LogP contribution in [-0.4, -0.2) is 38.6 Å². The number of hydrogen-bond donors (Lipinski definition) is 1. The largest absolute Gasteiger partial charge is 0.390 e. The number of aliphatic hydroxyl groups is 1. The standard InChI is InChI=1S/C17H21N3O2S/c1-19-15(11-21)10-18-17(19)23-12-13-4-6-14(7-5-13)16(22)20-8-2-3-9-20/h4-7,10,21H,2-3,8-9,11-12H2,1H3. The summed E-state index contributed by atoms with van der Waals surface area (Å²) < 4.78 is 1.90. The van der Waals surface area contributed by atoms with Crippen LogP contribution >= 0.6 is 11.8 Å². The van der Waals surface area contributed by atoms with Gasteiger partial charge in [0.25, 0.3) is 5.91 Å². The van der Waals surface area contributed by atoms with Crippen molar-refractivity contribution in [3.63, 3.8) is 0 Å². The molecule has 0 bridgehead atoms. The lowest BCUT2D eigenvalue weighted by molar-refractivity contribution is 0.0793. The smallest absolute Gasteiger partial charge is 0.253 e. The number of carbonyl (C=O) groups excluding carboxylic acids is 1. The summed E-state index contributed by atoms with van der Waals surface area (Å²) in [6.45, 7) is 1.75. The highest BCUT2D eigenvalue weighted by Crippen LogP contribution is 2.22. The van der Waals surface area contributed by atoms with Crippen molar-refractivity contribution in [2.75, 3.05) is 13.1 Å². The minimum Gasteiger partial charge on any atom is -0.390 e. The van der Waals surface area contributed by atoms with E-state index in [1.54, 1.807) is 18.0 Å². The van der Waals surface area contributed by atoms with E-state index < -0.39 is 0 Å². The van der Waals surface area contributed by atoms with E-state index in [0.29, 0.717) is 0 Å². The van der Waals surface area contributed by atoms with Gasteiger partial charge in [-0.05, 0) is 30.5 Å². The van der Waals surface area contributed by atoms with Gasteiger partial charge in [-0.1, -0.05) is 23.9 Å². The highest BCUT2D eigenvalue weighted by Gasteiger charge is 2.19. The Bertz CT molecular complexity index is 676. The van der Waals surface area contributed by atoms with E-state index >= 15 is 0 Å². The van der Waals surface area contributed by atoms with Crippen LogP contribution in [0.3, 0.4) is 0 Å². The van der Waals surface area contributed by atoms with Gasteiger partial charge in [0.2, 0.25) is 0 Å². The van der Waals surface area contributed by atoms with E-state index in [-0.39, 0.29) is 12.5 Å². The van der Waals surface area contributed by atoms with Crippen LogP contribution in [0.2, 0.25) is 0 Å². The van der Waals surface area contributed by atoms with Crippen LogP contribution in [0.4, 0.5) is 0 Å². The topological polar surface area (TPSA) is 58.4 Å². The molecular weight excluding hydrogens is 310 g/mol. The average Bonchev–Trinajstić information content (AvgIpc) is 3.23. The van der Waals surface area contributed by atoms with E-state index in [1.807, 2.05) is 40.8 Å². The Labute approximate surface area is 140 Å². The third kappa shape index (κ3) is 3.59. The summed E-state index contributed by atoms with van der Waals surface area (Å²) in [5.41, 5.74) is 2.72. The first-order chi connectivity index (χ1) is 11.2. The first-order valence-corrected chi connectivity index (χ1v) is 8.80. The normalized spacial score (nSPS) is 14.4. The maximum Gasteiger partial charge on any atom is 0.253 e. The zero-order valence-electron chi connectivity index (χ0n) is 13.2. The lowest BCUT2D eigenvalue weighted by Crippen LogP contribution is -2.27. The second-order valence-corrected chi connectivity index (χ2v) is 6.68. The number of thioether (sulfide) groups is 1. The van der Waals surface area contributed by atoms with Crippen molar-refractivity contribution in [2.24, 2.45) is 7.05 Å². The van der Waals surface area contributed by atoms with Crippen molar-refractivity contribution in [2.45, 2.75) is 30.4 Å². The van der Waals surface area contributed by atoms with Gasteiger partial charge in [0.1, 0.15) is 0 Å². The minimum absolute atomic E-state index is 0.00261. The summed E-state index contributed by atoms with van der Waals surface area (Å²) in [5, 5.41) is 10.1. The highest BCUT2D eigenvalue weighted by molar-refractivity contribution is 7.98. The van der Waals surface area contributed by atoms with Crippen LogP contribution in [0.5, 0.6) is 0 Å². The van der Waals surface area contributed by atoms with Crippen molar-refractivity contribution >= 4 is 17.7 Å². The first kappa shape index (κ1) is 16.1. The van der Waals surface area contributed by atoms with Crippen LogP contribution in [0, 0.1) is 0 Å². The quantitative estimate of drug-likeness (QED) is 0.855. The molecule has 0 unspecified atom stereocenters. The second-order valence-electron chi connectivity index (χ2n) is 5.73. The number of aromatic nitrogens is 2. The summed E-state index contributed by atoms with van der Waals surface area (Å²) in [4.78, 5) is 18.5. The third-order valence-electron chi connectivity index (χ3n) is 4.17. The lowest BCUT2D eigenvalue weighted by Gasteiger charge is -2.15. The van der Waals surface area contributed by atoms with Gasteiger partial charge in [-0.3, -0.25) is 4.79 Å². The van der Waals surface area contributed by atoms with Gasteiger partial charge >= 0.3 is 0 Å². The molecule has 0 spiro atoms. The Hall–Kier alpha value is -1.79. The fraction of sp³-hybridized carbons (Fsp3) is 0.412. The second kappa shape index (κ2) is 7.19. The molecule has 2 heterocycles. The number of likely N-dealkylation sites (tertiary alicyclic amines) is 1. The molecule has 0 radical (unpaired) electrons. The van der Waals surface area contributed by atoms with Crippen molar-refractivity contribution < 1.29 is 9.90 Å². The number of hydrogen-bond acceptors (Lipinski definition) is 4. The third-order valence-corrected chi connectivity index (χ3v) is 5.28. The van der Waals surface area contributed by atoms with Gasteiger partial charge < -0.3 is 14.6 Å². The molecule has 23 heavy (non-hydrogen) atoms. The molecule has 2 aromatic rings. The van der Waals surface area contributed by atoms with Gasteiger partial charge in [-0.2, -0.15) is 0 Å². The predicted molar refractivity (Wildman–Crippen MR) is 90.3 cm³/mol. The van der Waals surface area contributed by atoms with Gasteiger partial charge in [0.15, 0.2) is 5.16 Å². The van der Waals surface area contributed by atoms with Crippen LogP contribution in [0.15, 0.2) is 35.6 Å². The lowest BCUT2D eigenvalue weighted by atomic mass is 10.1. The van der Waals surface area contributed by atoms with Crippen molar-refractivity contribution in [3.05, 3.63) is 47.3 Å². The number of aliphatic hydroxyl groups excluding tert-OH is 1. The summed E-state index contributed by atoms with van der Waals surface area (Å²) in [5.74, 6) is 0.923. The Morgan fingerprint density at radius 3 is 2.57 bits per heavy atom. The molecule has 1 saturated heterocycles. The van der Waals surface area contributed by atoms with Crippen LogP contribution in [0.25, 0.3) is 0 Å². The van der Waals surface area contributed by atoms with E-state index in [1.165, 1.54) is 0 Å². The van der Waals surface area contributed by atoms with Crippen LogP contribution in [0.1, 0.15) is 34.5 Å². The number of amides is 1. The molecular formula is C17H21N3O2S. The van der Waals surface area contributed by atoms with Crippen LogP contribution < -0.4 is 0 Å². The zero-order chi connectivity index (χ0) is 16.2. The SMILES string of the molecule is Cn1c(CO)cnc1SCc1ccc(C(=O)N2CCCC2)cc1. The van der Waals surface area contributed by atoms with E-state index in [9.17, 15) is 9.90 Å². The van der Waals surface area contributed by atoms with Crippen LogP contribution in [-0.2, 0) is 19.4 Å². The molecule has 1 fully saturated rings. The molecule has 1 N–H and O–H groups in total. The maximum absolute atomic E-state index is 12.3. The Morgan fingerprint density at radius 2 is 1.96 bits per heavy atom. The van der Waals surface area contributed by atoms with Gasteiger partial charge in [0.05, 0.1) is 18.5 Å². The number of carbonyl (C=O) groups is 1. The fourth-order valence-corrected chi connectivity index (χ4v) is 3.63. The average molecular weight is 331 g/mol. The van der Waals surface area contributed by atoms with Crippen molar-refractivity contribution in [1.29, 1.82) is 0 Å². The molecule has 5 nitrogen and oxygen atoms in total. The Kier molecular flexibility index (Phi) is 5.03. The molecule has 0 saturated carbocycles. The molecule has 1 aromatic heterocycles.